The van der Waals surface area contributed by atoms with E-state index < -0.39 is 18.6 Å². The van der Waals surface area contributed by atoms with E-state index in [0.717, 1.165) is 19.3 Å². The molecule has 1 heterocycles. The van der Waals surface area contributed by atoms with Crippen LogP contribution in [0.2, 0.25) is 0 Å². The molecule has 1 saturated heterocycles. The van der Waals surface area contributed by atoms with E-state index in [-0.39, 0.29) is 18.6 Å². The summed E-state index contributed by atoms with van der Waals surface area (Å²) in [5.41, 5.74) is 5.00. The van der Waals surface area contributed by atoms with Crippen LogP contribution in [0.4, 0.5) is 4.79 Å². The summed E-state index contributed by atoms with van der Waals surface area (Å²) in [5.74, 6) is -1.38. The van der Waals surface area contributed by atoms with Gasteiger partial charge < -0.3 is 25.8 Å². The van der Waals surface area contributed by atoms with Gasteiger partial charge in [0, 0.05) is 19.1 Å². The van der Waals surface area contributed by atoms with Crippen LogP contribution in [0, 0.1) is 0 Å². The van der Waals surface area contributed by atoms with E-state index in [0.29, 0.717) is 13.1 Å². The first-order valence-corrected chi connectivity index (χ1v) is 6.13. The number of piperidine rings is 1. The van der Waals surface area contributed by atoms with Crippen LogP contribution >= 0.6 is 0 Å². The molecule has 1 aliphatic rings. The summed E-state index contributed by atoms with van der Waals surface area (Å²) >= 11 is 0. The van der Waals surface area contributed by atoms with Crippen molar-refractivity contribution >= 4 is 17.9 Å². The monoisotopic (exact) mass is 273 g/mol. The van der Waals surface area contributed by atoms with E-state index in [2.05, 4.69) is 5.32 Å². The Morgan fingerprint density at radius 1 is 1.32 bits per heavy atom. The Balaban J connectivity index is 2.43. The molecular weight excluding hydrogens is 254 g/mol. The molecule has 0 aliphatic carbocycles. The number of nitrogens with two attached hydrogens (primary N) is 1. The number of hydrogen-bond acceptors (Lipinski definition) is 4. The summed E-state index contributed by atoms with van der Waals surface area (Å²) in [5, 5.41) is 10.9. The number of hydrogen-bond donors (Lipinski definition) is 3. The molecule has 0 saturated carbocycles. The molecule has 8 nitrogen and oxygen atoms in total. The van der Waals surface area contributed by atoms with Crippen molar-refractivity contribution < 1.29 is 24.2 Å². The van der Waals surface area contributed by atoms with Crippen molar-refractivity contribution in [3.63, 3.8) is 0 Å². The lowest BCUT2D eigenvalue weighted by atomic mass is 10.0. The van der Waals surface area contributed by atoms with Crippen molar-refractivity contribution in [3.8, 4) is 0 Å². The van der Waals surface area contributed by atoms with Gasteiger partial charge in [0.05, 0.1) is 0 Å². The van der Waals surface area contributed by atoms with E-state index >= 15 is 0 Å². The number of nitrogens with zero attached hydrogens (tertiary/aromatic N) is 1. The maximum Gasteiger partial charge on any atom is 0.329 e. The number of amides is 3. The Labute approximate surface area is 110 Å². The van der Waals surface area contributed by atoms with Crippen LogP contribution in [-0.4, -0.2) is 60.3 Å². The second-order valence-electron chi connectivity index (χ2n) is 4.37. The lowest BCUT2D eigenvalue weighted by Gasteiger charge is -2.35. The molecule has 0 aromatic carbocycles. The van der Waals surface area contributed by atoms with Gasteiger partial charge in [0.25, 0.3) is 0 Å². The summed E-state index contributed by atoms with van der Waals surface area (Å²) in [4.78, 5) is 34.5. The van der Waals surface area contributed by atoms with Gasteiger partial charge in [-0.25, -0.2) is 9.59 Å². The lowest BCUT2D eigenvalue weighted by molar-refractivity contribution is -0.147. The molecule has 8 heteroatoms. The lowest BCUT2D eigenvalue weighted by Crippen LogP contribution is -2.51. The van der Waals surface area contributed by atoms with E-state index in [1.165, 1.54) is 0 Å². The maximum atomic E-state index is 11.9. The third-order valence-electron chi connectivity index (χ3n) is 2.91. The van der Waals surface area contributed by atoms with Gasteiger partial charge >= 0.3 is 12.0 Å². The molecule has 0 aromatic heterocycles. The van der Waals surface area contributed by atoms with Gasteiger partial charge in [-0.2, -0.15) is 0 Å². The third-order valence-corrected chi connectivity index (χ3v) is 2.91. The summed E-state index contributed by atoms with van der Waals surface area (Å²) < 4.78 is 4.78. The average molecular weight is 273 g/mol. The molecule has 0 bridgehead atoms. The van der Waals surface area contributed by atoms with Crippen LogP contribution in [0.3, 0.4) is 0 Å². The predicted molar refractivity (Wildman–Crippen MR) is 65.4 cm³/mol. The zero-order chi connectivity index (χ0) is 14.3. The Kier molecular flexibility index (Phi) is 6.07. The van der Waals surface area contributed by atoms with Gasteiger partial charge in [-0.15, -0.1) is 0 Å². The second kappa shape index (κ2) is 7.57. The minimum atomic E-state index is -1.11. The molecule has 1 aliphatic heterocycles. The maximum absolute atomic E-state index is 11.9. The van der Waals surface area contributed by atoms with Crippen molar-refractivity contribution in [1.82, 2.24) is 10.2 Å². The highest BCUT2D eigenvalue weighted by molar-refractivity contribution is 5.78. The smallest absolute Gasteiger partial charge is 0.329 e. The number of rotatable bonds is 6. The van der Waals surface area contributed by atoms with E-state index in [1.54, 1.807) is 4.90 Å². The number of urea groups is 1. The van der Waals surface area contributed by atoms with Crippen LogP contribution in [0.15, 0.2) is 0 Å². The molecule has 1 fully saturated rings. The van der Waals surface area contributed by atoms with Gasteiger partial charge in [-0.3, -0.25) is 4.79 Å². The molecule has 0 spiro atoms. The van der Waals surface area contributed by atoms with Crippen LogP contribution in [-0.2, 0) is 14.3 Å². The topological polar surface area (TPSA) is 122 Å². The van der Waals surface area contributed by atoms with Crippen LogP contribution in [0.1, 0.15) is 19.3 Å². The van der Waals surface area contributed by atoms with E-state index in [4.69, 9.17) is 15.6 Å². The molecule has 1 atom stereocenters. The van der Waals surface area contributed by atoms with Crippen molar-refractivity contribution in [2.45, 2.75) is 25.3 Å². The number of carbonyl (C=O) groups is 3. The summed E-state index contributed by atoms with van der Waals surface area (Å²) in [7, 11) is 0. The van der Waals surface area contributed by atoms with Gasteiger partial charge in [0.1, 0.15) is 13.2 Å². The van der Waals surface area contributed by atoms with Gasteiger partial charge in [-0.1, -0.05) is 0 Å². The molecule has 0 aromatic rings. The molecule has 19 heavy (non-hydrogen) atoms. The molecule has 108 valence electrons. The Bertz CT molecular complexity index is 347. The number of carbonyl (C=O) groups excluding carboxylic acids is 2. The third kappa shape index (κ3) is 5.56. The minimum absolute atomic E-state index is 0.109. The van der Waals surface area contributed by atoms with E-state index in [1.807, 2.05) is 0 Å². The highest BCUT2D eigenvalue weighted by atomic mass is 16.5. The number of likely N-dealkylation sites (tertiary alicyclic amines) is 1. The molecule has 3 amide bonds. The first kappa shape index (κ1) is 15.2. The molecular formula is C11H19N3O5. The largest absolute Gasteiger partial charge is 0.480 e. The van der Waals surface area contributed by atoms with Gasteiger partial charge in [-0.05, 0) is 19.3 Å². The number of ether oxygens (including phenoxy) is 1. The van der Waals surface area contributed by atoms with Gasteiger partial charge in [0.15, 0.2) is 0 Å². The van der Waals surface area contributed by atoms with Crippen molar-refractivity contribution in [2.24, 2.45) is 5.73 Å². The summed E-state index contributed by atoms with van der Waals surface area (Å²) in [6.07, 6.45) is 2.65. The number of carboxylic acids is 1. The average Bonchev–Trinajstić information content (AvgIpc) is 2.36. The standard InChI is InChI=1S/C11H19N3O5/c12-11(18)13-5-8-3-1-2-4-14(8)9(15)6-19-7-10(16)17/h8H,1-7H2,(H,16,17)(H3,12,13,18). The Morgan fingerprint density at radius 3 is 2.68 bits per heavy atom. The fourth-order valence-corrected chi connectivity index (χ4v) is 2.07. The molecule has 1 unspecified atom stereocenters. The summed E-state index contributed by atoms with van der Waals surface area (Å²) in [6.45, 7) is 0.129. The fourth-order valence-electron chi connectivity index (χ4n) is 2.07. The Morgan fingerprint density at radius 2 is 2.05 bits per heavy atom. The number of carboxylic acid groups (broad SMARTS) is 1. The quantitative estimate of drug-likeness (QED) is 0.581. The highest BCUT2D eigenvalue weighted by Gasteiger charge is 2.26. The number of nitrogens with one attached hydrogen (secondary N) is 1. The zero-order valence-corrected chi connectivity index (χ0v) is 10.6. The van der Waals surface area contributed by atoms with Crippen molar-refractivity contribution in [1.29, 1.82) is 0 Å². The van der Waals surface area contributed by atoms with Crippen molar-refractivity contribution in [2.75, 3.05) is 26.3 Å². The SMILES string of the molecule is NC(=O)NCC1CCCCN1C(=O)COCC(=O)O. The van der Waals surface area contributed by atoms with Gasteiger partial charge in [0.2, 0.25) is 5.91 Å². The molecule has 0 radical (unpaired) electrons. The first-order valence-electron chi connectivity index (χ1n) is 6.13. The molecule has 1 rings (SSSR count). The first-order chi connectivity index (χ1) is 9.00. The number of primary amides is 1. The Hall–Kier alpha value is -1.83. The van der Waals surface area contributed by atoms with Crippen LogP contribution in [0.25, 0.3) is 0 Å². The van der Waals surface area contributed by atoms with E-state index in [9.17, 15) is 14.4 Å². The molecule has 4 N–H and O–H groups in total. The van der Waals surface area contributed by atoms with Crippen LogP contribution < -0.4 is 11.1 Å². The predicted octanol–water partition coefficient (Wildman–Crippen LogP) is -0.863. The van der Waals surface area contributed by atoms with Crippen LogP contribution in [0.5, 0.6) is 0 Å². The zero-order valence-electron chi connectivity index (χ0n) is 10.6. The second-order valence-corrected chi connectivity index (χ2v) is 4.37. The summed E-state index contributed by atoms with van der Waals surface area (Å²) in [6, 6.07) is -0.734. The van der Waals surface area contributed by atoms with Crippen molar-refractivity contribution in [3.05, 3.63) is 0 Å². The number of aliphatic carboxylic acids is 1. The highest BCUT2D eigenvalue weighted by Crippen LogP contribution is 2.16. The normalized spacial score (nSPS) is 18.9. The minimum Gasteiger partial charge on any atom is -0.480 e. The fraction of sp³-hybridized carbons (Fsp3) is 0.727.